The lowest BCUT2D eigenvalue weighted by molar-refractivity contribution is -0.144. The smallest absolute Gasteiger partial charge is 0.306 e. The molecule has 112 valence electrons. The van der Waals surface area contributed by atoms with Crippen LogP contribution in [-0.2, 0) is 14.3 Å². The molecule has 0 saturated carbocycles. The number of benzene rings is 1. The van der Waals surface area contributed by atoms with Gasteiger partial charge in [0.25, 0.3) is 0 Å². The third-order valence-electron chi connectivity index (χ3n) is 2.56. The molecule has 1 N–H and O–H groups in total. The Bertz CT molecular complexity index is 525. The Hall–Kier alpha value is -2.48. The van der Waals surface area contributed by atoms with Crippen molar-refractivity contribution in [3.05, 3.63) is 29.8 Å². The molecule has 0 spiro atoms. The van der Waals surface area contributed by atoms with Crippen LogP contribution in [0.25, 0.3) is 0 Å². The number of amides is 1. The zero-order valence-electron chi connectivity index (χ0n) is 12.3. The van der Waals surface area contributed by atoms with Crippen LogP contribution in [0.2, 0.25) is 0 Å². The molecule has 1 amide bonds. The lowest BCUT2D eigenvalue weighted by atomic mass is 10.2. The van der Waals surface area contributed by atoms with E-state index in [2.05, 4.69) is 17.2 Å². The predicted octanol–water partition coefficient (Wildman–Crippen LogP) is 1.51. The van der Waals surface area contributed by atoms with Crippen LogP contribution in [0.4, 0.5) is 0 Å². The van der Waals surface area contributed by atoms with Crippen molar-refractivity contribution in [3.8, 4) is 17.6 Å². The highest BCUT2D eigenvalue weighted by Gasteiger charge is 2.05. The van der Waals surface area contributed by atoms with Gasteiger partial charge in [0.05, 0.1) is 26.7 Å². The summed E-state index contributed by atoms with van der Waals surface area (Å²) in [6.07, 6.45) is 0.203. The number of esters is 1. The zero-order valence-corrected chi connectivity index (χ0v) is 12.3. The zero-order chi connectivity index (χ0) is 15.5. The molecule has 0 aliphatic rings. The summed E-state index contributed by atoms with van der Waals surface area (Å²) in [6.45, 7) is 2.30. The fraction of sp³-hybridized carbons (Fsp3) is 0.375. The van der Waals surface area contributed by atoms with Crippen LogP contribution >= 0.6 is 0 Å². The number of carbonyl (C=O) groups excluding carboxylic acids is 2. The van der Waals surface area contributed by atoms with Crippen LogP contribution in [0.5, 0.6) is 5.75 Å². The fourth-order valence-corrected chi connectivity index (χ4v) is 1.50. The van der Waals surface area contributed by atoms with Crippen molar-refractivity contribution in [3.63, 3.8) is 0 Å². The largest absolute Gasteiger partial charge is 0.497 e. The summed E-state index contributed by atoms with van der Waals surface area (Å²) in [5.41, 5.74) is 0.844. The van der Waals surface area contributed by atoms with Crippen LogP contribution in [0.3, 0.4) is 0 Å². The van der Waals surface area contributed by atoms with Gasteiger partial charge in [0.15, 0.2) is 0 Å². The van der Waals surface area contributed by atoms with Crippen molar-refractivity contribution in [2.24, 2.45) is 0 Å². The van der Waals surface area contributed by atoms with E-state index in [4.69, 9.17) is 9.47 Å². The molecule has 0 saturated heterocycles. The van der Waals surface area contributed by atoms with Crippen LogP contribution < -0.4 is 10.1 Å². The first-order valence-corrected chi connectivity index (χ1v) is 6.71. The third kappa shape index (κ3) is 7.02. The summed E-state index contributed by atoms with van der Waals surface area (Å²) >= 11 is 0. The highest BCUT2D eigenvalue weighted by molar-refractivity contribution is 5.81. The molecule has 21 heavy (non-hydrogen) atoms. The van der Waals surface area contributed by atoms with Crippen molar-refractivity contribution < 1.29 is 19.1 Å². The molecule has 0 aliphatic carbocycles. The van der Waals surface area contributed by atoms with Gasteiger partial charge in [0.1, 0.15) is 5.75 Å². The van der Waals surface area contributed by atoms with E-state index in [9.17, 15) is 9.59 Å². The first-order chi connectivity index (χ1) is 10.2. The normalized spacial score (nSPS) is 9.24. The Morgan fingerprint density at radius 2 is 1.90 bits per heavy atom. The maximum absolute atomic E-state index is 11.4. The highest BCUT2D eigenvalue weighted by atomic mass is 16.5. The first-order valence-electron chi connectivity index (χ1n) is 6.71. The SMILES string of the molecule is CCOC(=O)CCC(=O)NCC#Cc1ccc(OC)cc1. The minimum atomic E-state index is -0.364. The van der Waals surface area contributed by atoms with E-state index in [1.165, 1.54) is 0 Å². The Morgan fingerprint density at radius 1 is 1.19 bits per heavy atom. The van der Waals surface area contributed by atoms with Gasteiger partial charge in [-0.3, -0.25) is 9.59 Å². The van der Waals surface area contributed by atoms with Crippen molar-refractivity contribution in [1.82, 2.24) is 5.32 Å². The van der Waals surface area contributed by atoms with Crippen molar-refractivity contribution >= 4 is 11.9 Å². The molecule has 0 heterocycles. The molecule has 0 radical (unpaired) electrons. The number of hydrogen-bond donors (Lipinski definition) is 1. The van der Waals surface area contributed by atoms with Gasteiger partial charge in [-0.1, -0.05) is 11.8 Å². The second-order valence-electron chi connectivity index (χ2n) is 4.11. The molecule has 1 aromatic carbocycles. The molecule has 0 atom stereocenters. The van der Waals surface area contributed by atoms with Gasteiger partial charge in [-0.15, -0.1) is 0 Å². The summed E-state index contributed by atoms with van der Waals surface area (Å²) in [6, 6.07) is 7.33. The topological polar surface area (TPSA) is 64.6 Å². The summed E-state index contributed by atoms with van der Waals surface area (Å²) in [5, 5.41) is 2.63. The lowest BCUT2D eigenvalue weighted by Crippen LogP contribution is -2.24. The van der Waals surface area contributed by atoms with Gasteiger partial charge in [-0.2, -0.15) is 0 Å². The maximum Gasteiger partial charge on any atom is 0.306 e. The summed E-state index contributed by atoms with van der Waals surface area (Å²) in [4.78, 5) is 22.5. The number of rotatable bonds is 6. The van der Waals surface area contributed by atoms with Crippen LogP contribution in [0.1, 0.15) is 25.3 Å². The highest BCUT2D eigenvalue weighted by Crippen LogP contribution is 2.09. The average molecular weight is 289 g/mol. The number of nitrogens with one attached hydrogen (secondary N) is 1. The molecule has 1 aromatic rings. The number of carbonyl (C=O) groups is 2. The molecule has 0 unspecified atom stereocenters. The van der Waals surface area contributed by atoms with Crippen LogP contribution in [0.15, 0.2) is 24.3 Å². The average Bonchev–Trinajstić information content (AvgIpc) is 2.50. The van der Waals surface area contributed by atoms with E-state index in [0.29, 0.717) is 6.61 Å². The quantitative estimate of drug-likeness (QED) is 0.637. The first kappa shape index (κ1) is 16.6. The van der Waals surface area contributed by atoms with Gasteiger partial charge in [0, 0.05) is 12.0 Å². The van der Waals surface area contributed by atoms with Crippen LogP contribution in [-0.4, -0.2) is 32.1 Å². The standard InChI is InChI=1S/C16H19NO4/c1-3-21-16(19)11-10-15(18)17-12-4-5-13-6-8-14(20-2)9-7-13/h6-9H,3,10-12H2,1-2H3,(H,17,18). The Balaban J connectivity index is 2.28. The van der Waals surface area contributed by atoms with E-state index in [0.717, 1.165) is 11.3 Å². The van der Waals surface area contributed by atoms with Crippen LogP contribution in [0, 0.1) is 11.8 Å². The number of methoxy groups -OCH3 is 1. The lowest BCUT2D eigenvalue weighted by Gasteiger charge is -2.01. The summed E-state index contributed by atoms with van der Waals surface area (Å²) < 4.78 is 9.78. The molecular formula is C16H19NO4. The predicted molar refractivity (Wildman–Crippen MR) is 78.7 cm³/mol. The van der Waals surface area contributed by atoms with E-state index >= 15 is 0 Å². The Morgan fingerprint density at radius 3 is 2.52 bits per heavy atom. The van der Waals surface area contributed by atoms with E-state index in [-0.39, 0.29) is 31.3 Å². The van der Waals surface area contributed by atoms with Crippen molar-refractivity contribution in [2.75, 3.05) is 20.3 Å². The summed E-state index contributed by atoms with van der Waals surface area (Å²) in [5.74, 6) is 5.96. The number of hydrogen-bond acceptors (Lipinski definition) is 4. The van der Waals surface area contributed by atoms with Gasteiger partial charge < -0.3 is 14.8 Å². The Labute approximate surface area is 124 Å². The minimum absolute atomic E-state index is 0.0889. The van der Waals surface area contributed by atoms with Crippen molar-refractivity contribution in [2.45, 2.75) is 19.8 Å². The second kappa shape index (κ2) is 9.43. The monoisotopic (exact) mass is 289 g/mol. The molecule has 0 bridgehead atoms. The van der Waals surface area contributed by atoms with Gasteiger partial charge in [0.2, 0.25) is 5.91 Å². The van der Waals surface area contributed by atoms with E-state index < -0.39 is 0 Å². The second-order valence-corrected chi connectivity index (χ2v) is 4.11. The fourth-order valence-electron chi connectivity index (χ4n) is 1.50. The molecule has 1 rings (SSSR count). The molecule has 5 heteroatoms. The number of ether oxygens (including phenoxy) is 2. The van der Waals surface area contributed by atoms with Gasteiger partial charge >= 0.3 is 5.97 Å². The molecule has 0 fully saturated rings. The molecule has 0 aliphatic heterocycles. The maximum atomic E-state index is 11.4. The molecule has 5 nitrogen and oxygen atoms in total. The molecular weight excluding hydrogens is 270 g/mol. The van der Waals surface area contributed by atoms with Gasteiger partial charge in [-0.25, -0.2) is 0 Å². The Kier molecular flexibility index (Phi) is 7.44. The third-order valence-corrected chi connectivity index (χ3v) is 2.56. The minimum Gasteiger partial charge on any atom is -0.497 e. The van der Waals surface area contributed by atoms with E-state index in [1.54, 1.807) is 14.0 Å². The molecule has 0 aromatic heterocycles. The summed E-state index contributed by atoms with van der Waals surface area (Å²) in [7, 11) is 1.60. The van der Waals surface area contributed by atoms with Gasteiger partial charge in [-0.05, 0) is 31.2 Å². The van der Waals surface area contributed by atoms with Crippen molar-refractivity contribution in [1.29, 1.82) is 0 Å². The van der Waals surface area contributed by atoms with E-state index in [1.807, 2.05) is 24.3 Å².